The van der Waals surface area contributed by atoms with Gasteiger partial charge in [-0.05, 0) is 138 Å². The van der Waals surface area contributed by atoms with E-state index in [1.807, 2.05) is 0 Å². The molecule has 0 spiro atoms. The molecule has 0 N–H and O–H groups in total. The lowest BCUT2D eigenvalue weighted by molar-refractivity contribution is 0.876. The van der Waals surface area contributed by atoms with Crippen LogP contribution in [0.5, 0.6) is 0 Å². The highest BCUT2D eigenvalue weighted by Gasteiger charge is 2.28. The van der Waals surface area contributed by atoms with Gasteiger partial charge in [0.25, 0.3) is 0 Å². The van der Waals surface area contributed by atoms with Crippen molar-refractivity contribution in [1.29, 1.82) is 0 Å². The predicted octanol–water partition coefficient (Wildman–Crippen LogP) is 13.9. The number of fused-ring (bicyclic) bond motifs is 6. The van der Waals surface area contributed by atoms with Crippen molar-refractivity contribution in [2.24, 2.45) is 0 Å². The van der Waals surface area contributed by atoms with Crippen molar-refractivity contribution in [3.8, 4) is 22.3 Å². The van der Waals surface area contributed by atoms with Crippen molar-refractivity contribution < 1.29 is 0 Å². The maximum absolute atomic E-state index is 2.47. The van der Waals surface area contributed by atoms with Crippen molar-refractivity contribution in [3.05, 3.63) is 179 Å². The summed E-state index contributed by atoms with van der Waals surface area (Å²) in [6.45, 7) is 4.69. The van der Waals surface area contributed by atoms with E-state index in [1.54, 1.807) is 0 Å². The highest BCUT2D eigenvalue weighted by atomic mass is 28.2. The Morgan fingerprint density at radius 1 is 0.392 bits per heavy atom. The summed E-state index contributed by atoms with van der Waals surface area (Å²) in [7, 11) is 0.896. The lowest BCUT2D eigenvalue weighted by Crippen LogP contribution is -2.06. The largest absolute Gasteiger partial charge is 0.0655 e. The normalized spacial score (nSPS) is 16.5. The van der Waals surface area contributed by atoms with Gasteiger partial charge in [-0.25, -0.2) is 0 Å². The molecule has 0 fully saturated rings. The van der Waals surface area contributed by atoms with E-state index in [1.165, 1.54) is 111 Å². The quantitative estimate of drug-likeness (QED) is 0.122. The maximum Gasteiger partial charge on any atom is 0.0397 e. The van der Waals surface area contributed by atoms with E-state index in [4.69, 9.17) is 0 Å². The van der Waals surface area contributed by atoms with E-state index >= 15 is 0 Å². The first-order chi connectivity index (χ1) is 25.1. The van der Waals surface area contributed by atoms with Crippen molar-refractivity contribution in [1.82, 2.24) is 0 Å². The Hall–Kier alpha value is -5.50. The van der Waals surface area contributed by atoms with Crippen LogP contribution in [0.25, 0.3) is 77.5 Å². The summed E-state index contributed by atoms with van der Waals surface area (Å²) in [4.78, 5) is 0. The number of allylic oxidation sites excluding steroid dienone is 2. The molecule has 0 heterocycles. The van der Waals surface area contributed by atoms with Gasteiger partial charge in [0, 0.05) is 21.4 Å². The van der Waals surface area contributed by atoms with E-state index in [-0.39, 0.29) is 0 Å². The number of hydrogen-bond donors (Lipinski definition) is 0. The van der Waals surface area contributed by atoms with Crippen LogP contribution in [0, 0.1) is 0 Å². The molecular weight excluding hydrogens is 629 g/mol. The van der Waals surface area contributed by atoms with Gasteiger partial charge >= 0.3 is 0 Å². The van der Waals surface area contributed by atoms with Crippen LogP contribution in [0.2, 0.25) is 12.1 Å². The zero-order valence-electron chi connectivity index (χ0n) is 29.1. The van der Waals surface area contributed by atoms with Crippen molar-refractivity contribution >= 4 is 64.8 Å². The standard InChI is InChI=1S/C50H38Si/c1-31-21-47-43(39-19-17-37-23-33-9-3-5-11-35(33)25-41(37)27-39)13-7-15-45(47)49(31)29-51-30-50-32(2)22-48-44(14-8-16-46(48)50)40-20-18-38-24-34-10-4-6-12-36(34)26-42(38)28-40/h3-28,49-50H,29-30H2,1-2H3. The predicted molar refractivity (Wildman–Crippen MR) is 222 cm³/mol. The molecule has 2 unspecified atom stereocenters. The van der Waals surface area contributed by atoms with E-state index < -0.39 is 0 Å². The van der Waals surface area contributed by atoms with Crippen LogP contribution in [0.3, 0.4) is 0 Å². The molecule has 0 aromatic heterocycles. The van der Waals surface area contributed by atoms with Crippen molar-refractivity contribution in [3.63, 3.8) is 0 Å². The van der Waals surface area contributed by atoms with E-state index in [9.17, 15) is 0 Å². The minimum atomic E-state index is 0.493. The Kier molecular flexibility index (Phi) is 7.18. The molecule has 2 aliphatic carbocycles. The molecule has 1 heteroatoms. The van der Waals surface area contributed by atoms with Crippen LogP contribution >= 0.6 is 0 Å². The Labute approximate surface area is 302 Å². The van der Waals surface area contributed by atoms with Gasteiger partial charge in [0.15, 0.2) is 0 Å². The topological polar surface area (TPSA) is 0 Å². The lowest BCUT2D eigenvalue weighted by atomic mass is 9.92. The van der Waals surface area contributed by atoms with Gasteiger partial charge in [0.1, 0.15) is 0 Å². The third-order valence-electron chi connectivity index (χ3n) is 11.6. The summed E-state index contributed by atoms with van der Waals surface area (Å²) in [6, 6.07) is 57.0. The summed E-state index contributed by atoms with van der Waals surface area (Å²) >= 11 is 0. The molecule has 0 nitrogen and oxygen atoms in total. The Morgan fingerprint density at radius 2 is 0.784 bits per heavy atom. The highest BCUT2D eigenvalue weighted by Crippen LogP contribution is 2.46. The summed E-state index contributed by atoms with van der Waals surface area (Å²) in [5.74, 6) is 0.987. The van der Waals surface area contributed by atoms with Crippen molar-refractivity contribution in [2.75, 3.05) is 0 Å². The van der Waals surface area contributed by atoms with E-state index in [0.717, 1.165) is 9.52 Å². The minimum Gasteiger partial charge on any atom is -0.0655 e. The third kappa shape index (κ3) is 5.18. The van der Waals surface area contributed by atoms with E-state index in [0.29, 0.717) is 11.8 Å². The zero-order valence-corrected chi connectivity index (χ0v) is 30.1. The molecule has 0 saturated heterocycles. The van der Waals surface area contributed by atoms with Crippen LogP contribution in [0.4, 0.5) is 0 Å². The monoisotopic (exact) mass is 666 g/mol. The summed E-state index contributed by atoms with van der Waals surface area (Å²) in [5.41, 5.74) is 14.2. The molecule has 0 bridgehead atoms. The van der Waals surface area contributed by atoms with Gasteiger partial charge in [-0.2, -0.15) is 0 Å². The second-order valence-electron chi connectivity index (χ2n) is 14.7. The second-order valence-corrected chi connectivity index (χ2v) is 16.0. The average Bonchev–Trinajstić information content (AvgIpc) is 3.66. The molecule has 10 rings (SSSR count). The van der Waals surface area contributed by atoms with Gasteiger partial charge in [0.05, 0.1) is 0 Å². The second kappa shape index (κ2) is 12.1. The maximum atomic E-state index is 2.47. The first-order valence-electron chi connectivity index (χ1n) is 18.3. The molecule has 0 aliphatic heterocycles. The molecule has 8 aromatic carbocycles. The van der Waals surface area contributed by atoms with Crippen molar-refractivity contribution in [2.45, 2.75) is 37.8 Å². The fraction of sp³-hybridized carbons (Fsp3) is 0.120. The highest BCUT2D eigenvalue weighted by molar-refractivity contribution is 6.36. The van der Waals surface area contributed by atoms with Gasteiger partial charge < -0.3 is 0 Å². The minimum absolute atomic E-state index is 0.493. The molecule has 0 saturated carbocycles. The van der Waals surface area contributed by atoms with Gasteiger partial charge in [0.2, 0.25) is 0 Å². The number of rotatable bonds is 6. The molecule has 2 aliphatic rings. The Morgan fingerprint density at radius 3 is 1.22 bits per heavy atom. The molecule has 51 heavy (non-hydrogen) atoms. The summed E-state index contributed by atoms with van der Waals surface area (Å²) in [6.07, 6.45) is 4.94. The van der Waals surface area contributed by atoms with Gasteiger partial charge in [-0.1, -0.05) is 145 Å². The van der Waals surface area contributed by atoms with Crippen LogP contribution < -0.4 is 0 Å². The Balaban J connectivity index is 0.895. The summed E-state index contributed by atoms with van der Waals surface area (Å²) in [5, 5.41) is 10.4. The van der Waals surface area contributed by atoms with Gasteiger partial charge in [-0.15, -0.1) is 0 Å². The SMILES string of the molecule is CC1=Cc2c(-c3ccc4cc5ccccc5cc4c3)cccc2C1C[Si]CC1C(C)=Cc2c(-c3ccc4cc5ccccc5cc4c3)cccc21. The molecular formula is C50H38Si. The molecule has 0 amide bonds. The van der Waals surface area contributed by atoms with Crippen LogP contribution in [-0.4, -0.2) is 9.52 Å². The first-order valence-corrected chi connectivity index (χ1v) is 19.7. The average molecular weight is 667 g/mol. The number of benzene rings is 8. The van der Waals surface area contributed by atoms with Crippen LogP contribution in [-0.2, 0) is 0 Å². The smallest absolute Gasteiger partial charge is 0.0397 e. The van der Waals surface area contributed by atoms with Crippen LogP contribution in [0.1, 0.15) is 47.9 Å². The lowest BCUT2D eigenvalue weighted by Gasteiger charge is -2.19. The summed E-state index contributed by atoms with van der Waals surface area (Å²) < 4.78 is 0. The fourth-order valence-electron chi connectivity index (χ4n) is 8.88. The molecule has 2 atom stereocenters. The fourth-order valence-corrected chi connectivity index (χ4v) is 10.7. The molecule has 2 radical (unpaired) electrons. The molecule has 242 valence electrons. The third-order valence-corrected chi connectivity index (χ3v) is 13.0. The van der Waals surface area contributed by atoms with Crippen LogP contribution in [0.15, 0.2) is 157 Å². The molecule has 8 aromatic rings. The zero-order chi connectivity index (χ0) is 34.1. The first kappa shape index (κ1) is 30.3. The van der Waals surface area contributed by atoms with E-state index in [2.05, 4.69) is 172 Å². The Bertz CT molecular complexity index is 2570. The number of hydrogen-bond acceptors (Lipinski definition) is 0. The van der Waals surface area contributed by atoms with Gasteiger partial charge in [-0.3, -0.25) is 0 Å².